The second-order valence-electron chi connectivity index (χ2n) is 12.0. The van der Waals surface area contributed by atoms with Gasteiger partial charge in [0, 0.05) is 59.8 Å². The Labute approximate surface area is 280 Å². The number of nitrogens with zero attached hydrogens (tertiary/aromatic N) is 4. The fraction of sp³-hybridized carbons (Fsp3) is 0.263. The van der Waals surface area contributed by atoms with Gasteiger partial charge in [0.25, 0.3) is 0 Å². The van der Waals surface area contributed by atoms with Crippen molar-refractivity contribution in [2.75, 3.05) is 76.3 Å². The molecule has 0 saturated carbocycles. The van der Waals surface area contributed by atoms with Crippen molar-refractivity contribution in [2.45, 2.75) is 0 Å². The van der Waals surface area contributed by atoms with E-state index in [1.54, 1.807) is 0 Å². The Morgan fingerprint density at radius 1 is 0.562 bits per heavy atom. The molecule has 3 heterocycles. The van der Waals surface area contributed by atoms with E-state index >= 15 is 0 Å². The molecule has 10 nitrogen and oxygen atoms in total. The number of anilines is 2. The molecular weight excluding hydrogens is 604 g/mol. The van der Waals surface area contributed by atoms with Gasteiger partial charge < -0.3 is 20.1 Å². The Kier molecular flexibility index (Phi) is 9.76. The van der Waals surface area contributed by atoms with Crippen LogP contribution in [-0.4, -0.2) is 98.7 Å². The molecule has 0 atom stereocenters. The van der Waals surface area contributed by atoms with Crippen molar-refractivity contribution in [2.24, 2.45) is 9.98 Å². The summed E-state index contributed by atoms with van der Waals surface area (Å²) in [5.74, 6) is -0.161. The molecule has 2 fully saturated rings. The maximum Gasteiger partial charge on any atom is 0.238 e. The van der Waals surface area contributed by atoms with Crippen molar-refractivity contribution in [1.29, 1.82) is 0 Å². The minimum absolute atomic E-state index is 0.0806. The van der Waals surface area contributed by atoms with Crippen molar-refractivity contribution >= 4 is 46.0 Å². The van der Waals surface area contributed by atoms with Gasteiger partial charge in [-0.25, -0.2) is 9.98 Å². The number of carbonyl (C=O) groups is 2. The average molecular weight is 643 g/mol. The van der Waals surface area contributed by atoms with Crippen LogP contribution in [0.3, 0.4) is 0 Å². The third-order valence-electron chi connectivity index (χ3n) is 8.57. The molecule has 3 aliphatic rings. The normalized spacial score (nSPS) is 16.8. The topological polar surface area (TPSA) is 108 Å². The fourth-order valence-corrected chi connectivity index (χ4v) is 6.12. The average Bonchev–Trinajstić information content (AvgIpc) is 3.11. The summed E-state index contributed by atoms with van der Waals surface area (Å²) in [4.78, 5) is 40.9. The summed E-state index contributed by atoms with van der Waals surface area (Å²) >= 11 is 0. The Balaban J connectivity index is 1.28. The Morgan fingerprint density at radius 3 is 1.35 bits per heavy atom. The van der Waals surface area contributed by atoms with Crippen LogP contribution in [0.2, 0.25) is 0 Å². The number of benzene rings is 4. The lowest BCUT2D eigenvalue weighted by Crippen LogP contribution is -2.41. The monoisotopic (exact) mass is 642 g/mol. The molecule has 2 N–H and O–H groups in total. The fourth-order valence-electron chi connectivity index (χ4n) is 6.12. The number of aliphatic imine (C=N–C) groups is 2. The highest BCUT2D eigenvalue weighted by Crippen LogP contribution is 2.36. The molecule has 2 saturated heterocycles. The summed E-state index contributed by atoms with van der Waals surface area (Å²) < 4.78 is 10.9. The van der Waals surface area contributed by atoms with E-state index in [4.69, 9.17) is 19.5 Å². The summed E-state index contributed by atoms with van der Waals surface area (Å²) in [5.41, 5.74) is 7.68. The van der Waals surface area contributed by atoms with Gasteiger partial charge in [0.05, 0.1) is 62.3 Å². The summed E-state index contributed by atoms with van der Waals surface area (Å²) in [7, 11) is 0. The molecule has 0 bridgehead atoms. The molecule has 2 amide bonds. The molecule has 0 unspecified atom stereocenters. The van der Waals surface area contributed by atoms with E-state index < -0.39 is 0 Å². The quantitative estimate of drug-likeness (QED) is 0.250. The van der Waals surface area contributed by atoms with Crippen molar-refractivity contribution in [3.63, 3.8) is 0 Å². The number of nitrogens with one attached hydrogen (secondary N) is 2. The van der Waals surface area contributed by atoms with Crippen LogP contribution in [-0.2, 0) is 19.1 Å². The van der Waals surface area contributed by atoms with Gasteiger partial charge in [-0.15, -0.1) is 0 Å². The molecule has 0 radical (unpaired) electrons. The van der Waals surface area contributed by atoms with E-state index in [1.807, 2.05) is 97.1 Å². The van der Waals surface area contributed by atoms with Crippen LogP contribution in [0.1, 0.15) is 22.3 Å². The minimum Gasteiger partial charge on any atom is -0.379 e. The van der Waals surface area contributed by atoms with Gasteiger partial charge in [0.1, 0.15) is 0 Å². The summed E-state index contributed by atoms with van der Waals surface area (Å²) in [6.45, 7) is 6.07. The first kappa shape index (κ1) is 31.6. The summed E-state index contributed by atoms with van der Waals surface area (Å²) in [6.07, 6.45) is 0. The van der Waals surface area contributed by atoms with Crippen LogP contribution in [0.15, 0.2) is 107 Å². The number of morpholine rings is 2. The van der Waals surface area contributed by atoms with E-state index in [1.165, 1.54) is 0 Å². The zero-order valence-corrected chi connectivity index (χ0v) is 26.7. The van der Waals surface area contributed by atoms with Gasteiger partial charge in [-0.1, -0.05) is 60.7 Å². The second-order valence-corrected chi connectivity index (χ2v) is 12.0. The first-order chi connectivity index (χ1) is 23.6. The van der Waals surface area contributed by atoms with E-state index in [0.29, 0.717) is 50.9 Å². The Morgan fingerprint density at radius 2 is 0.958 bits per heavy atom. The lowest BCUT2D eigenvalue weighted by Gasteiger charge is -2.26. The number of ether oxygens (including phenoxy) is 2. The zero-order chi connectivity index (χ0) is 32.7. The first-order valence-electron chi connectivity index (χ1n) is 16.4. The third-order valence-corrected chi connectivity index (χ3v) is 8.57. The second kappa shape index (κ2) is 14.8. The molecule has 48 heavy (non-hydrogen) atoms. The molecule has 7 rings (SSSR count). The molecule has 4 aromatic rings. The van der Waals surface area contributed by atoms with Crippen LogP contribution < -0.4 is 10.6 Å². The highest BCUT2D eigenvalue weighted by Gasteiger charge is 2.23. The molecule has 0 spiro atoms. The smallest absolute Gasteiger partial charge is 0.238 e. The molecule has 244 valence electrons. The van der Waals surface area contributed by atoms with Gasteiger partial charge in [-0.3, -0.25) is 19.4 Å². The maximum absolute atomic E-state index is 13.1. The Bertz CT molecular complexity index is 1700. The van der Waals surface area contributed by atoms with E-state index in [0.717, 1.165) is 71.2 Å². The highest BCUT2D eigenvalue weighted by atomic mass is 16.5. The van der Waals surface area contributed by atoms with Crippen molar-refractivity contribution in [3.05, 3.63) is 119 Å². The predicted molar refractivity (Wildman–Crippen MR) is 188 cm³/mol. The number of amides is 2. The van der Waals surface area contributed by atoms with E-state index in [2.05, 4.69) is 20.4 Å². The van der Waals surface area contributed by atoms with Gasteiger partial charge in [-0.2, -0.15) is 0 Å². The number of rotatable bonds is 8. The molecule has 10 heteroatoms. The van der Waals surface area contributed by atoms with Crippen molar-refractivity contribution in [3.8, 4) is 0 Å². The van der Waals surface area contributed by atoms with E-state index in [9.17, 15) is 9.59 Å². The first-order valence-corrected chi connectivity index (χ1v) is 16.4. The van der Waals surface area contributed by atoms with Crippen molar-refractivity contribution in [1.82, 2.24) is 9.80 Å². The van der Waals surface area contributed by atoms with Crippen LogP contribution >= 0.6 is 0 Å². The van der Waals surface area contributed by atoms with Crippen molar-refractivity contribution < 1.29 is 19.1 Å². The molecule has 0 aromatic heterocycles. The summed E-state index contributed by atoms with van der Waals surface area (Å²) in [5, 5.41) is 6.18. The zero-order valence-electron chi connectivity index (χ0n) is 26.7. The predicted octanol–water partition coefficient (Wildman–Crippen LogP) is 4.88. The molecular formula is C38H38N6O4. The van der Waals surface area contributed by atoms with Crippen LogP contribution in [0, 0.1) is 0 Å². The van der Waals surface area contributed by atoms with Crippen LogP contribution in [0.25, 0.3) is 0 Å². The minimum atomic E-state index is -0.0806. The highest BCUT2D eigenvalue weighted by molar-refractivity contribution is 6.23. The lowest BCUT2D eigenvalue weighted by molar-refractivity contribution is -0.119. The number of carbonyl (C=O) groups excluding carboxylic acids is 2. The largest absolute Gasteiger partial charge is 0.379 e. The Hall–Kier alpha value is -5.00. The van der Waals surface area contributed by atoms with Crippen LogP contribution in [0.4, 0.5) is 22.7 Å². The van der Waals surface area contributed by atoms with Gasteiger partial charge in [0.15, 0.2) is 0 Å². The summed E-state index contributed by atoms with van der Waals surface area (Å²) in [6, 6.07) is 31.5. The molecule has 3 aliphatic heterocycles. The number of hydrogen-bond donors (Lipinski definition) is 2. The molecule has 4 aromatic carbocycles. The number of hydrogen-bond acceptors (Lipinski definition) is 8. The van der Waals surface area contributed by atoms with Gasteiger partial charge in [-0.05, 0) is 36.4 Å². The van der Waals surface area contributed by atoms with Crippen LogP contribution in [0.5, 0.6) is 0 Å². The van der Waals surface area contributed by atoms with Gasteiger partial charge >= 0.3 is 0 Å². The van der Waals surface area contributed by atoms with E-state index in [-0.39, 0.29) is 11.8 Å². The lowest BCUT2D eigenvalue weighted by atomic mass is 9.95. The third kappa shape index (κ3) is 7.58. The standard InChI is InChI=1S/C38H38N6O4/c45-35(25-43-15-19-47-20-16-43)39-29-11-13-33-31(23-29)37(27-7-3-1-4-8-27)41-34-14-12-30(40-36(46)26-44-17-21-48-22-18-44)24-32(34)38(42-33)28-9-5-2-6-10-28/h1-14,23-24H,15-22,25-26H2,(H,39,45)(H,40,46). The molecule has 0 aliphatic carbocycles. The van der Waals surface area contributed by atoms with Gasteiger partial charge in [0.2, 0.25) is 11.8 Å². The maximum atomic E-state index is 13.1. The SMILES string of the molecule is O=C(CN1CCOCC1)Nc1ccc2c(c1)C(c1ccccc1)=Nc1ccc(NC(=O)CN3CCOCC3)cc1C(c1ccccc1)=N2. The number of fused-ring (bicyclic) bond motifs is 2.